The smallest absolute Gasteiger partial charge is 0.449 e. The Labute approximate surface area is 124 Å². The summed E-state index contributed by atoms with van der Waals surface area (Å²) in [5.74, 6) is 0. The van der Waals surface area contributed by atoms with Crippen molar-refractivity contribution in [3.63, 3.8) is 0 Å². The van der Waals surface area contributed by atoms with E-state index in [2.05, 4.69) is 0 Å². The van der Waals surface area contributed by atoms with Crippen LogP contribution in [0.4, 0.5) is 17.3 Å². The molecule has 0 N–H and O–H groups in total. The minimum atomic E-state index is -4.65. The van der Waals surface area contributed by atoms with E-state index in [9.17, 15) is 17.3 Å². The Balaban J connectivity index is 0.000000980. The molecule has 3 aliphatic carbocycles. The van der Waals surface area contributed by atoms with Crippen molar-refractivity contribution >= 4 is 6.98 Å². The van der Waals surface area contributed by atoms with Crippen LogP contribution in [0.1, 0.15) is 32.1 Å². The van der Waals surface area contributed by atoms with Crippen LogP contribution in [0.2, 0.25) is 5.31 Å². The molecule has 14 heavy (non-hydrogen) atoms. The number of alkyl halides is 1. The van der Waals surface area contributed by atoms with E-state index in [1.165, 1.54) is 0 Å². The van der Waals surface area contributed by atoms with Crippen molar-refractivity contribution in [2.45, 2.75) is 37.4 Å². The van der Waals surface area contributed by atoms with Crippen molar-refractivity contribution in [2.24, 2.45) is 5.41 Å². The molecule has 0 amide bonds. The van der Waals surface area contributed by atoms with Gasteiger partial charge in [0.25, 0.3) is 0 Å². The molecule has 6 heteroatoms. The summed E-state index contributed by atoms with van der Waals surface area (Å²) in [5.41, 5.74) is -0.108. The van der Waals surface area contributed by atoms with E-state index in [1.807, 2.05) is 0 Å². The van der Waals surface area contributed by atoms with E-state index in [0.29, 0.717) is 12.8 Å². The molecule has 0 heterocycles. The predicted octanol–water partition coefficient (Wildman–Crippen LogP) is 0.512. The Morgan fingerprint density at radius 1 is 1.07 bits per heavy atom. The van der Waals surface area contributed by atoms with Gasteiger partial charge >= 0.3 is 58.4 Å². The Kier molecular flexibility index (Phi) is 3.87. The molecule has 2 bridgehead atoms. The molecule has 3 aliphatic rings. The van der Waals surface area contributed by atoms with Crippen LogP contribution in [-0.4, -0.2) is 13.7 Å². The van der Waals surface area contributed by atoms with Gasteiger partial charge in [0.1, 0.15) is 0 Å². The molecular formula is C8H12BF4K. The molecular weight excluding hydrogens is 222 g/mol. The summed E-state index contributed by atoms with van der Waals surface area (Å²) in [6.07, 6.45) is 1.93. The number of rotatable bonds is 4. The van der Waals surface area contributed by atoms with Gasteiger partial charge in [-0.1, -0.05) is 24.6 Å². The molecule has 0 aromatic carbocycles. The van der Waals surface area contributed by atoms with Gasteiger partial charge in [0, 0.05) is 0 Å². The molecule has 0 spiro atoms. The fourth-order valence-corrected chi connectivity index (χ4v) is 3.14. The summed E-state index contributed by atoms with van der Waals surface area (Å²) < 4.78 is 49.0. The van der Waals surface area contributed by atoms with Crippen LogP contribution in [0.3, 0.4) is 0 Å². The molecule has 0 unspecified atom stereocenters. The zero-order valence-electron chi connectivity index (χ0n) is 8.33. The Bertz CT molecular complexity index is 208. The largest absolute Gasteiger partial charge is 1.00 e. The van der Waals surface area contributed by atoms with Gasteiger partial charge in [0.15, 0.2) is 0 Å². The fourth-order valence-electron chi connectivity index (χ4n) is 3.14. The number of halogens is 4. The molecule has 0 saturated heterocycles. The van der Waals surface area contributed by atoms with Crippen LogP contribution >= 0.6 is 0 Å². The average molecular weight is 234 g/mol. The summed E-state index contributed by atoms with van der Waals surface area (Å²) in [6, 6.07) is 0. The summed E-state index contributed by atoms with van der Waals surface area (Å²) >= 11 is 0. The first kappa shape index (κ1) is 13.5. The molecule has 3 fully saturated rings. The monoisotopic (exact) mass is 234 g/mol. The van der Waals surface area contributed by atoms with E-state index in [1.54, 1.807) is 0 Å². The third kappa shape index (κ3) is 1.85. The normalized spacial score (nSPS) is 39.4. The first-order valence-electron chi connectivity index (χ1n) is 4.69. The van der Waals surface area contributed by atoms with Crippen LogP contribution in [0.25, 0.3) is 0 Å². The van der Waals surface area contributed by atoms with Crippen molar-refractivity contribution in [1.29, 1.82) is 0 Å². The summed E-state index contributed by atoms with van der Waals surface area (Å²) in [7, 11) is 0. The quantitative estimate of drug-likeness (QED) is 0.491. The van der Waals surface area contributed by atoms with Crippen LogP contribution in [0, 0.1) is 5.41 Å². The standard InChI is InChI=1S/C8H12BF4.K/c10-3-1-2-7-4-8(5-7,6-7)9(11,12)13;/h1-6H2;/q-1;+1. The van der Waals surface area contributed by atoms with Gasteiger partial charge in [-0.25, -0.2) is 0 Å². The van der Waals surface area contributed by atoms with E-state index in [-0.39, 0.29) is 76.1 Å². The molecule has 0 aromatic heterocycles. The van der Waals surface area contributed by atoms with Gasteiger partial charge < -0.3 is 12.9 Å². The first-order valence-corrected chi connectivity index (χ1v) is 4.69. The van der Waals surface area contributed by atoms with Gasteiger partial charge in [-0.05, 0) is 18.3 Å². The molecule has 3 saturated carbocycles. The molecule has 3 rings (SSSR count). The summed E-state index contributed by atoms with van der Waals surface area (Å²) in [4.78, 5) is 0. The minimum absolute atomic E-state index is 0. The van der Waals surface area contributed by atoms with Crippen molar-refractivity contribution in [3.05, 3.63) is 0 Å². The van der Waals surface area contributed by atoms with Gasteiger partial charge in [0.2, 0.25) is 0 Å². The Hall–Kier alpha value is 1.42. The molecule has 0 atom stereocenters. The van der Waals surface area contributed by atoms with Crippen molar-refractivity contribution in [3.8, 4) is 0 Å². The van der Waals surface area contributed by atoms with Gasteiger partial charge in [-0.3, -0.25) is 4.39 Å². The third-order valence-corrected chi connectivity index (χ3v) is 3.72. The maximum atomic E-state index is 12.4. The molecule has 0 aromatic rings. The summed E-state index contributed by atoms with van der Waals surface area (Å²) in [5, 5.41) is -1.30. The predicted molar refractivity (Wildman–Crippen MR) is 43.3 cm³/mol. The van der Waals surface area contributed by atoms with E-state index >= 15 is 0 Å². The maximum absolute atomic E-state index is 12.4. The van der Waals surface area contributed by atoms with Crippen LogP contribution in [0.5, 0.6) is 0 Å². The van der Waals surface area contributed by atoms with E-state index < -0.39 is 19.0 Å². The van der Waals surface area contributed by atoms with Crippen molar-refractivity contribution in [1.82, 2.24) is 0 Å². The second kappa shape index (κ2) is 4.02. The number of hydrogen-bond donors (Lipinski definition) is 0. The summed E-state index contributed by atoms with van der Waals surface area (Å²) in [6.45, 7) is -5.05. The van der Waals surface area contributed by atoms with Gasteiger partial charge in [-0.2, -0.15) is 0 Å². The Morgan fingerprint density at radius 3 is 1.93 bits per heavy atom. The van der Waals surface area contributed by atoms with Gasteiger partial charge in [0.05, 0.1) is 6.67 Å². The maximum Gasteiger partial charge on any atom is 1.00 e. The van der Waals surface area contributed by atoms with Crippen LogP contribution in [-0.2, 0) is 0 Å². The molecule has 0 aliphatic heterocycles. The van der Waals surface area contributed by atoms with Crippen molar-refractivity contribution < 1.29 is 68.7 Å². The Morgan fingerprint density at radius 2 is 1.57 bits per heavy atom. The molecule has 0 nitrogen and oxygen atoms in total. The second-order valence-corrected chi connectivity index (χ2v) is 4.76. The SMILES string of the molecule is FCCCC12CC([B-](F)(F)F)(C1)C2.[K+]. The zero-order chi connectivity index (χ0) is 9.74. The third-order valence-electron chi connectivity index (χ3n) is 3.72. The second-order valence-electron chi connectivity index (χ2n) is 4.76. The molecule has 0 radical (unpaired) electrons. The van der Waals surface area contributed by atoms with Gasteiger partial charge in [-0.15, -0.1) is 0 Å². The first-order chi connectivity index (χ1) is 5.93. The average Bonchev–Trinajstić information content (AvgIpc) is 1.78. The van der Waals surface area contributed by atoms with Crippen LogP contribution in [0.15, 0.2) is 0 Å². The minimum Gasteiger partial charge on any atom is -0.449 e. The van der Waals surface area contributed by atoms with E-state index in [0.717, 1.165) is 0 Å². The molecule has 76 valence electrons. The zero-order valence-corrected chi connectivity index (χ0v) is 11.5. The number of hydrogen-bond acceptors (Lipinski definition) is 0. The van der Waals surface area contributed by atoms with E-state index in [4.69, 9.17) is 0 Å². The van der Waals surface area contributed by atoms with Crippen molar-refractivity contribution in [2.75, 3.05) is 6.67 Å². The topological polar surface area (TPSA) is 0 Å². The van der Waals surface area contributed by atoms with Crippen LogP contribution < -0.4 is 51.4 Å². The fraction of sp³-hybridized carbons (Fsp3) is 1.00.